The summed E-state index contributed by atoms with van der Waals surface area (Å²) in [5, 5.41) is 8.96. The average Bonchev–Trinajstić information content (AvgIpc) is 2.55. The Kier molecular flexibility index (Phi) is 3.51. The molecule has 0 aliphatic carbocycles. The number of carboxylic acid groups (broad SMARTS) is 1. The average molecular weight is 239 g/mol. The van der Waals surface area contributed by atoms with Crippen LogP contribution in [0, 0.1) is 11.7 Å². The molecule has 0 amide bonds. The van der Waals surface area contributed by atoms with Gasteiger partial charge >= 0.3 is 5.97 Å². The van der Waals surface area contributed by atoms with Gasteiger partial charge in [0, 0.05) is 13.1 Å². The lowest BCUT2D eigenvalue weighted by atomic mass is 10.0. The van der Waals surface area contributed by atoms with Gasteiger partial charge in [0.15, 0.2) is 5.82 Å². The smallest absolute Gasteiger partial charge is 0.306 e. The fourth-order valence-electron chi connectivity index (χ4n) is 2.01. The van der Waals surface area contributed by atoms with Crippen LogP contribution in [0.3, 0.4) is 0 Å². The molecule has 1 aliphatic rings. The molecule has 1 fully saturated rings. The van der Waals surface area contributed by atoms with E-state index in [1.54, 1.807) is 0 Å². The predicted molar refractivity (Wildman–Crippen MR) is 59.2 cm³/mol. The number of aliphatic carboxylic acids is 1. The molecule has 1 atom stereocenters. The van der Waals surface area contributed by atoms with E-state index in [4.69, 9.17) is 5.11 Å². The molecule has 92 valence electrons. The first kappa shape index (κ1) is 11.8. The zero-order valence-electron chi connectivity index (χ0n) is 9.34. The quantitative estimate of drug-likeness (QED) is 0.842. The SMILES string of the molecule is O=C(O)C1CCCN(c2ncc(F)cn2)CC1. The van der Waals surface area contributed by atoms with Crippen molar-refractivity contribution in [2.24, 2.45) is 5.92 Å². The maximum Gasteiger partial charge on any atom is 0.306 e. The molecule has 1 aromatic rings. The summed E-state index contributed by atoms with van der Waals surface area (Å²) in [6.07, 6.45) is 4.30. The van der Waals surface area contributed by atoms with Gasteiger partial charge in [0.2, 0.25) is 5.95 Å². The molecular formula is C11H14FN3O2. The van der Waals surface area contributed by atoms with Crippen molar-refractivity contribution in [1.82, 2.24) is 9.97 Å². The summed E-state index contributed by atoms with van der Waals surface area (Å²) in [5.74, 6) is -1.03. The summed E-state index contributed by atoms with van der Waals surface area (Å²) >= 11 is 0. The van der Waals surface area contributed by atoms with Crippen molar-refractivity contribution >= 4 is 11.9 Å². The molecule has 6 heteroatoms. The van der Waals surface area contributed by atoms with Gasteiger partial charge in [-0.25, -0.2) is 14.4 Å². The van der Waals surface area contributed by atoms with Gasteiger partial charge in [-0.15, -0.1) is 0 Å². The largest absolute Gasteiger partial charge is 0.481 e. The van der Waals surface area contributed by atoms with Crippen LogP contribution in [0.4, 0.5) is 10.3 Å². The molecule has 2 rings (SSSR count). The molecule has 1 saturated heterocycles. The van der Waals surface area contributed by atoms with E-state index in [0.717, 1.165) is 25.4 Å². The molecular weight excluding hydrogens is 225 g/mol. The zero-order valence-corrected chi connectivity index (χ0v) is 9.34. The highest BCUT2D eigenvalue weighted by atomic mass is 19.1. The van der Waals surface area contributed by atoms with Gasteiger partial charge in [-0.2, -0.15) is 0 Å². The number of hydrogen-bond donors (Lipinski definition) is 1. The normalized spacial score (nSPS) is 21.0. The second kappa shape index (κ2) is 5.07. The number of anilines is 1. The highest BCUT2D eigenvalue weighted by Gasteiger charge is 2.23. The van der Waals surface area contributed by atoms with E-state index in [1.165, 1.54) is 0 Å². The summed E-state index contributed by atoms with van der Waals surface area (Å²) in [5.41, 5.74) is 0. The minimum atomic E-state index is -0.744. The molecule has 0 bridgehead atoms. The van der Waals surface area contributed by atoms with Crippen molar-refractivity contribution in [2.45, 2.75) is 19.3 Å². The van der Waals surface area contributed by atoms with Crippen LogP contribution in [0.25, 0.3) is 0 Å². The number of carbonyl (C=O) groups is 1. The first-order chi connectivity index (χ1) is 8.16. The van der Waals surface area contributed by atoms with Crippen LogP contribution >= 0.6 is 0 Å². The summed E-state index contributed by atoms with van der Waals surface area (Å²) in [4.78, 5) is 20.6. The Hall–Kier alpha value is -1.72. The van der Waals surface area contributed by atoms with E-state index >= 15 is 0 Å². The third kappa shape index (κ3) is 2.89. The number of rotatable bonds is 2. The monoisotopic (exact) mass is 239 g/mol. The van der Waals surface area contributed by atoms with Crippen LogP contribution in [-0.4, -0.2) is 34.1 Å². The third-order valence-corrected chi connectivity index (χ3v) is 2.97. The van der Waals surface area contributed by atoms with Gasteiger partial charge in [-0.3, -0.25) is 4.79 Å². The molecule has 1 unspecified atom stereocenters. The van der Waals surface area contributed by atoms with E-state index in [9.17, 15) is 9.18 Å². The molecule has 0 spiro atoms. The number of carboxylic acids is 1. The van der Waals surface area contributed by atoms with Gasteiger partial charge in [0.25, 0.3) is 0 Å². The van der Waals surface area contributed by atoms with E-state index < -0.39 is 11.8 Å². The highest BCUT2D eigenvalue weighted by molar-refractivity contribution is 5.70. The number of nitrogens with zero attached hydrogens (tertiary/aromatic N) is 3. The van der Waals surface area contributed by atoms with Gasteiger partial charge in [0.1, 0.15) is 0 Å². The number of aromatic nitrogens is 2. The molecule has 1 aromatic heterocycles. The van der Waals surface area contributed by atoms with E-state index in [-0.39, 0.29) is 5.92 Å². The standard InChI is InChI=1S/C11H14FN3O2/c12-9-6-13-11(14-7-9)15-4-1-2-8(3-5-15)10(16)17/h6-8H,1-5H2,(H,16,17). The van der Waals surface area contributed by atoms with Crippen molar-refractivity contribution < 1.29 is 14.3 Å². The van der Waals surface area contributed by atoms with Crippen LogP contribution in [0.5, 0.6) is 0 Å². The number of halogens is 1. The van der Waals surface area contributed by atoms with E-state index in [2.05, 4.69) is 9.97 Å². The van der Waals surface area contributed by atoms with Gasteiger partial charge in [-0.1, -0.05) is 0 Å². The maximum absolute atomic E-state index is 12.7. The van der Waals surface area contributed by atoms with Crippen LogP contribution in [0.2, 0.25) is 0 Å². The van der Waals surface area contributed by atoms with E-state index in [0.29, 0.717) is 25.3 Å². The van der Waals surface area contributed by atoms with Gasteiger partial charge < -0.3 is 10.0 Å². The lowest BCUT2D eigenvalue weighted by Gasteiger charge is -2.19. The Balaban J connectivity index is 2.03. The number of hydrogen-bond acceptors (Lipinski definition) is 4. The molecule has 1 N–H and O–H groups in total. The third-order valence-electron chi connectivity index (χ3n) is 2.97. The van der Waals surface area contributed by atoms with Crippen molar-refractivity contribution in [3.05, 3.63) is 18.2 Å². The fourth-order valence-corrected chi connectivity index (χ4v) is 2.01. The van der Waals surface area contributed by atoms with Crippen molar-refractivity contribution in [3.8, 4) is 0 Å². The van der Waals surface area contributed by atoms with Crippen molar-refractivity contribution in [2.75, 3.05) is 18.0 Å². The van der Waals surface area contributed by atoms with Crippen LogP contribution in [0.15, 0.2) is 12.4 Å². The molecule has 0 aromatic carbocycles. The summed E-state index contributed by atoms with van der Waals surface area (Å²) < 4.78 is 12.7. The molecule has 2 heterocycles. The summed E-state index contributed by atoms with van der Waals surface area (Å²) in [6.45, 7) is 1.32. The molecule has 0 saturated carbocycles. The van der Waals surface area contributed by atoms with Crippen LogP contribution < -0.4 is 4.90 Å². The second-order valence-electron chi connectivity index (χ2n) is 4.15. The first-order valence-corrected chi connectivity index (χ1v) is 5.62. The van der Waals surface area contributed by atoms with Crippen molar-refractivity contribution in [1.29, 1.82) is 0 Å². The van der Waals surface area contributed by atoms with Gasteiger partial charge in [0.05, 0.1) is 18.3 Å². The molecule has 0 radical (unpaired) electrons. The minimum Gasteiger partial charge on any atom is -0.481 e. The minimum absolute atomic E-state index is 0.291. The Morgan fingerprint density at radius 3 is 2.71 bits per heavy atom. The zero-order chi connectivity index (χ0) is 12.3. The molecule has 17 heavy (non-hydrogen) atoms. The van der Waals surface area contributed by atoms with E-state index in [1.807, 2.05) is 4.90 Å². The van der Waals surface area contributed by atoms with Gasteiger partial charge in [-0.05, 0) is 19.3 Å². The Labute approximate surface area is 98.3 Å². The summed E-state index contributed by atoms with van der Waals surface area (Å²) in [6, 6.07) is 0. The molecule has 5 nitrogen and oxygen atoms in total. The maximum atomic E-state index is 12.7. The lowest BCUT2D eigenvalue weighted by Crippen LogP contribution is -2.26. The second-order valence-corrected chi connectivity index (χ2v) is 4.15. The summed E-state index contributed by atoms with van der Waals surface area (Å²) in [7, 11) is 0. The van der Waals surface area contributed by atoms with Crippen LogP contribution in [-0.2, 0) is 4.79 Å². The lowest BCUT2D eigenvalue weighted by molar-refractivity contribution is -0.142. The topological polar surface area (TPSA) is 66.3 Å². The first-order valence-electron chi connectivity index (χ1n) is 5.62. The molecule has 1 aliphatic heterocycles. The Morgan fingerprint density at radius 2 is 2.06 bits per heavy atom. The predicted octanol–water partition coefficient (Wildman–Crippen LogP) is 1.31. The van der Waals surface area contributed by atoms with Crippen molar-refractivity contribution in [3.63, 3.8) is 0 Å². The Bertz CT molecular complexity index is 396. The van der Waals surface area contributed by atoms with Crippen LogP contribution in [0.1, 0.15) is 19.3 Å². The fraction of sp³-hybridized carbons (Fsp3) is 0.545. The highest BCUT2D eigenvalue weighted by Crippen LogP contribution is 2.20. The Morgan fingerprint density at radius 1 is 1.35 bits per heavy atom.